The summed E-state index contributed by atoms with van der Waals surface area (Å²) in [5.74, 6) is 1.62. The number of nitrogens with zero attached hydrogens (tertiary/aromatic N) is 5. The number of hydrogen-bond acceptors (Lipinski definition) is 8. The summed E-state index contributed by atoms with van der Waals surface area (Å²) in [5, 5.41) is 3.90. The highest BCUT2D eigenvalue weighted by atomic mass is 16.5. The van der Waals surface area contributed by atoms with E-state index in [-0.39, 0.29) is 5.96 Å². The molecule has 0 radical (unpaired) electrons. The number of rotatable bonds is 2. The minimum absolute atomic E-state index is 0.238. The number of guanidine groups is 2. The van der Waals surface area contributed by atoms with Crippen LogP contribution in [-0.2, 0) is 0 Å². The molecule has 1 fully saturated rings. The van der Waals surface area contributed by atoms with Crippen molar-refractivity contribution in [3.05, 3.63) is 30.1 Å². The van der Waals surface area contributed by atoms with Crippen LogP contribution in [-0.4, -0.2) is 27.7 Å². The lowest BCUT2D eigenvalue weighted by Gasteiger charge is -2.46. The van der Waals surface area contributed by atoms with E-state index >= 15 is 0 Å². The molecule has 1 saturated carbocycles. The largest absolute Gasteiger partial charge is 0.369 e. The predicted molar refractivity (Wildman–Crippen MR) is 96.0 cm³/mol. The summed E-state index contributed by atoms with van der Waals surface area (Å²) in [6.45, 7) is 1.79. The molecule has 4 N–H and O–H groups in total. The molecular formula is C17H21N7O. The third-order valence-electron chi connectivity index (χ3n) is 4.75. The number of anilines is 1. The Balaban J connectivity index is 1.86. The maximum absolute atomic E-state index is 6.31. The van der Waals surface area contributed by atoms with E-state index in [0.29, 0.717) is 17.7 Å². The van der Waals surface area contributed by atoms with Crippen LogP contribution in [0.1, 0.15) is 37.9 Å². The summed E-state index contributed by atoms with van der Waals surface area (Å²) in [7, 11) is 0. The topological polar surface area (TPSA) is 119 Å². The van der Waals surface area contributed by atoms with Crippen LogP contribution < -0.4 is 16.4 Å². The van der Waals surface area contributed by atoms with Crippen LogP contribution >= 0.6 is 0 Å². The van der Waals surface area contributed by atoms with E-state index < -0.39 is 5.66 Å². The van der Waals surface area contributed by atoms with Gasteiger partial charge in [0.25, 0.3) is 5.89 Å². The van der Waals surface area contributed by atoms with Crippen molar-refractivity contribution in [3.63, 3.8) is 0 Å². The van der Waals surface area contributed by atoms with Crippen LogP contribution in [0.15, 0.2) is 38.8 Å². The molecule has 0 amide bonds. The van der Waals surface area contributed by atoms with Gasteiger partial charge in [-0.25, -0.2) is 4.99 Å². The Morgan fingerprint density at radius 1 is 1.12 bits per heavy atom. The summed E-state index contributed by atoms with van der Waals surface area (Å²) >= 11 is 0. The van der Waals surface area contributed by atoms with Gasteiger partial charge < -0.3 is 16.0 Å². The lowest BCUT2D eigenvalue weighted by atomic mass is 9.87. The molecule has 4 rings (SSSR count). The van der Waals surface area contributed by atoms with Crippen LogP contribution in [0.2, 0.25) is 0 Å². The first-order valence-corrected chi connectivity index (χ1v) is 8.48. The fourth-order valence-corrected chi connectivity index (χ4v) is 3.73. The van der Waals surface area contributed by atoms with Crippen LogP contribution in [0.25, 0.3) is 11.5 Å². The first-order valence-electron chi connectivity index (χ1n) is 8.48. The first-order chi connectivity index (χ1) is 12.1. The SMILES string of the molecule is Cc1noc(-c2ccccc2N2C(N)=NC(N)=NC23CCCCC3)n1. The molecule has 0 bridgehead atoms. The lowest BCUT2D eigenvalue weighted by molar-refractivity contribution is 0.305. The van der Waals surface area contributed by atoms with Gasteiger partial charge in [-0.05, 0) is 44.7 Å². The van der Waals surface area contributed by atoms with Gasteiger partial charge in [0, 0.05) is 0 Å². The van der Waals surface area contributed by atoms with Crippen molar-refractivity contribution in [2.24, 2.45) is 21.5 Å². The van der Waals surface area contributed by atoms with Crippen LogP contribution in [0, 0.1) is 6.92 Å². The summed E-state index contributed by atoms with van der Waals surface area (Å²) < 4.78 is 5.38. The molecule has 8 nitrogen and oxygen atoms in total. The first kappa shape index (κ1) is 15.6. The molecule has 0 atom stereocenters. The molecule has 2 heterocycles. The Morgan fingerprint density at radius 3 is 2.60 bits per heavy atom. The quantitative estimate of drug-likeness (QED) is 0.865. The second-order valence-corrected chi connectivity index (χ2v) is 6.48. The average Bonchev–Trinajstić information content (AvgIpc) is 3.01. The average molecular weight is 339 g/mol. The molecule has 1 aromatic carbocycles. The summed E-state index contributed by atoms with van der Waals surface area (Å²) in [5.41, 5.74) is 13.4. The molecule has 0 unspecified atom stereocenters. The normalized spacial score (nSPS) is 19.6. The number of hydrogen-bond donors (Lipinski definition) is 2. The Labute approximate surface area is 145 Å². The molecule has 1 aliphatic heterocycles. The number of aromatic nitrogens is 2. The zero-order valence-corrected chi connectivity index (χ0v) is 14.1. The van der Waals surface area contributed by atoms with Crippen molar-refractivity contribution in [1.82, 2.24) is 10.1 Å². The van der Waals surface area contributed by atoms with E-state index in [1.54, 1.807) is 6.92 Å². The second kappa shape index (κ2) is 5.87. The van der Waals surface area contributed by atoms with Gasteiger partial charge in [0.2, 0.25) is 11.9 Å². The zero-order chi connectivity index (χ0) is 17.4. The van der Waals surface area contributed by atoms with Crippen molar-refractivity contribution < 1.29 is 4.52 Å². The summed E-state index contributed by atoms with van der Waals surface area (Å²) in [6.07, 6.45) is 5.08. The molecule has 2 aromatic rings. The van der Waals surface area contributed by atoms with Crippen molar-refractivity contribution in [2.75, 3.05) is 4.90 Å². The zero-order valence-electron chi connectivity index (χ0n) is 14.1. The minimum Gasteiger partial charge on any atom is -0.369 e. The highest BCUT2D eigenvalue weighted by molar-refractivity contribution is 6.07. The van der Waals surface area contributed by atoms with Gasteiger partial charge in [-0.3, -0.25) is 4.90 Å². The maximum Gasteiger partial charge on any atom is 0.260 e. The second-order valence-electron chi connectivity index (χ2n) is 6.48. The van der Waals surface area contributed by atoms with Gasteiger partial charge in [-0.1, -0.05) is 23.7 Å². The van der Waals surface area contributed by atoms with E-state index in [0.717, 1.165) is 36.9 Å². The van der Waals surface area contributed by atoms with E-state index in [1.165, 1.54) is 6.42 Å². The highest BCUT2D eigenvalue weighted by Crippen LogP contribution is 2.42. The Morgan fingerprint density at radius 2 is 1.88 bits per heavy atom. The molecule has 130 valence electrons. The monoisotopic (exact) mass is 339 g/mol. The number of para-hydroxylation sites is 1. The highest BCUT2D eigenvalue weighted by Gasteiger charge is 2.43. The Hall–Kier alpha value is -2.90. The van der Waals surface area contributed by atoms with Gasteiger partial charge >= 0.3 is 0 Å². The van der Waals surface area contributed by atoms with Gasteiger partial charge in [-0.2, -0.15) is 9.98 Å². The molecule has 1 aromatic heterocycles. The smallest absolute Gasteiger partial charge is 0.260 e. The Kier molecular flexibility index (Phi) is 3.67. The van der Waals surface area contributed by atoms with E-state index in [1.807, 2.05) is 29.2 Å². The molecular weight excluding hydrogens is 318 g/mol. The van der Waals surface area contributed by atoms with Crippen molar-refractivity contribution in [2.45, 2.75) is 44.7 Å². The third kappa shape index (κ3) is 2.63. The van der Waals surface area contributed by atoms with Crippen molar-refractivity contribution >= 4 is 17.6 Å². The van der Waals surface area contributed by atoms with Crippen molar-refractivity contribution in [1.29, 1.82) is 0 Å². The molecule has 0 saturated heterocycles. The minimum atomic E-state index is -0.501. The predicted octanol–water partition coefficient (Wildman–Crippen LogP) is 2.15. The van der Waals surface area contributed by atoms with Crippen LogP contribution in [0.4, 0.5) is 5.69 Å². The van der Waals surface area contributed by atoms with Crippen molar-refractivity contribution in [3.8, 4) is 11.5 Å². The number of aryl methyl sites for hydroxylation is 1. The third-order valence-corrected chi connectivity index (χ3v) is 4.75. The Bertz CT molecular complexity index is 848. The summed E-state index contributed by atoms with van der Waals surface area (Å²) in [6, 6.07) is 7.80. The lowest BCUT2D eigenvalue weighted by Crippen LogP contribution is -2.58. The molecule has 8 heteroatoms. The van der Waals surface area contributed by atoms with E-state index in [9.17, 15) is 0 Å². The molecule has 25 heavy (non-hydrogen) atoms. The molecule has 1 spiro atoms. The van der Waals surface area contributed by atoms with Crippen LogP contribution in [0.3, 0.4) is 0 Å². The number of nitrogens with two attached hydrogens (primary N) is 2. The maximum atomic E-state index is 6.31. The van der Waals surface area contributed by atoms with Crippen LogP contribution in [0.5, 0.6) is 0 Å². The van der Waals surface area contributed by atoms with Gasteiger partial charge in [0.05, 0.1) is 11.3 Å². The standard InChI is InChI=1S/C17H21N7O/c1-11-20-14(25-23-11)12-7-3-4-8-13(12)24-16(19)21-15(18)22-17(24)9-5-2-6-10-17/h3-4,7-8H,2,5-6,9-10H2,1H3,(H4,18,19,21,22). The van der Waals surface area contributed by atoms with E-state index in [2.05, 4.69) is 15.1 Å². The summed E-state index contributed by atoms with van der Waals surface area (Å²) in [4.78, 5) is 15.3. The fourth-order valence-electron chi connectivity index (χ4n) is 3.73. The van der Waals surface area contributed by atoms with E-state index in [4.69, 9.17) is 21.0 Å². The fraction of sp³-hybridized carbons (Fsp3) is 0.412. The number of aliphatic imine (C=N–C) groups is 2. The number of benzene rings is 1. The van der Waals surface area contributed by atoms with Gasteiger partial charge in [0.15, 0.2) is 5.82 Å². The molecule has 1 aliphatic carbocycles. The van der Waals surface area contributed by atoms with Gasteiger partial charge in [0.1, 0.15) is 5.66 Å². The molecule has 2 aliphatic rings. The van der Waals surface area contributed by atoms with Gasteiger partial charge in [-0.15, -0.1) is 0 Å².